The van der Waals surface area contributed by atoms with Gasteiger partial charge in [0.25, 0.3) is 11.1 Å². The van der Waals surface area contributed by atoms with Gasteiger partial charge in [0.15, 0.2) is 11.5 Å². The molecule has 2 N–H and O–H groups in total. The van der Waals surface area contributed by atoms with Crippen molar-refractivity contribution in [2.75, 3.05) is 13.7 Å². The number of nitrogens with two attached hydrogens (primary N) is 1. The van der Waals surface area contributed by atoms with Gasteiger partial charge in [-0.25, -0.2) is 0 Å². The Kier molecular flexibility index (Phi) is 5.24. The summed E-state index contributed by atoms with van der Waals surface area (Å²) in [6.45, 7) is 0.804. The third-order valence-electron chi connectivity index (χ3n) is 2.93. The number of methoxy groups -OCH3 is 1. The Balaban J connectivity index is 2.28. The first-order valence-corrected chi connectivity index (χ1v) is 7.53. The van der Waals surface area contributed by atoms with Crippen LogP contribution in [-0.2, 0) is 14.4 Å². The van der Waals surface area contributed by atoms with E-state index >= 15 is 0 Å². The minimum Gasteiger partial charge on any atom is -0.493 e. The Labute approximate surface area is 141 Å². The summed E-state index contributed by atoms with van der Waals surface area (Å²) in [6.07, 6.45) is 1.48. The second kappa shape index (κ2) is 7.18. The number of hydrogen-bond acceptors (Lipinski definition) is 7. The molecule has 1 saturated heterocycles. The third-order valence-corrected chi connectivity index (χ3v) is 3.83. The molecule has 24 heavy (non-hydrogen) atoms. The maximum Gasteiger partial charge on any atom is 0.308 e. The Hall–Kier alpha value is -2.81. The lowest BCUT2D eigenvalue weighted by Crippen LogP contribution is -2.36. The van der Waals surface area contributed by atoms with Crippen LogP contribution >= 0.6 is 11.8 Å². The predicted molar refractivity (Wildman–Crippen MR) is 86.2 cm³/mol. The van der Waals surface area contributed by atoms with Crippen molar-refractivity contribution in [2.24, 2.45) is 5.73 Å². The summed E-state index contributed by atoms with van der Waals surface area (Å²) in [6, 6.07) is 4.67. The van der Waals surface area contributed by atoms with E-state index in [0.717, 1.165) is 4.90 Å². The van der Waals surface area contributed by atoms with Crippen LogP contribution in [0.3, 0.4) is 0 Å². The summed E-state index contributed by atoms with van der Waals surface area (Å²) in [4.78, 5) is 46.8. The molecule has 1 heterocycles. The average Bonchev–Trinajstić information content (AvgIpc) is 2.75. The van der Waals surface area contributed by atoms with E-state index in [1.807, 2.05) is 0 Å². The first kappa shape index (κ1) is 17.5. The molecule has 8 nitrogen and oxygen atoms in total. The number of amides is 3. The zero-order valence-corrected chi connectivity index (χ0v) is 13.7. The molecule has 0 spiro atoms. The van der Waals surface area contributed by atoms with Gasteiger partial charge in [0, 0.05) is 6.92 Å². The van der Waals surface area contributed by atoms with Gasteiger partial charge in [-0.15, -0.1) is 0 Å². The SMILES string of the molecule is COc1cc(/C=C2\SC(=O)N(CC(N)=O)C2=O)ccc1OC(C)=O. The molecule has 9 heteroatoms. The van der Waals surface area contributed by atoms with Crippen LogP contribution in [0.15, 0.2) is 23.1 Å². The monoisotopic (exact) mass is 350 g/mol. The molecule has 1 aromatic rings. The second-order valence-electron chi connectivity index (χ2n) is 4.74. The van der Waals surface area contributed by atoms with E-state index < -0.39 is 29.6 Å². The van der Waals surface area contributed by atoms with Gasteiger partial charge in [-0.3, -0.25) is 24.1 Å². The molecular weight excluding hydrogens is 336 g/mol. The van der Waals surface area contributed by atoms with Crippen molar-refractivity contribution in [3.63, 3.8) is 0 Å². The van der Waals surface area contributed by atoms with Crippen LogP contribution in [0, 0.1) is 0 Å². The summed E-state index contributed by atoms with van der Waals surface area (Å²) in [5.74, 6) is -1.31. The maximum absolute atomic E-state index is 12.1. The molecule has 3 amide bonds. The molecule has 0 unspecified atom stereocenters. The molecule has 1 aliphatic rings. The molecule has 0 saturated carbocycles. The lowest BCUT2D eigenvalue weighted by atomic mass is 10.2. The van der Waals surface area contributed by atoms with E-state index in [0.29, 0.717) is 23.1 Å². The van der Waals surface area contributed by atoms with Crippen molar-refractivity contribution >= 4 is 40.9 Å². The fraction of sp³-hybridized carbons (Fsp3) is 0.200. The summed E-state index contributed by atoms with van der Waals surface area (Å²) in [7, 11) is 1.41. The minimum atomic E-state index is -0.772. The number of primary amides is 1. The van der Waals surface area contributed by atoms with E-state index in [4.69, 9.17) is 15.2 Å². The summed E-state index contributed by atoms with van der Waals surface area (Å²) in [5, 5.41) is -0.562. The van der Waals surface area contributed by atoms with Crippen molar-refractivity contribution < 1.29 is 28.7 Å². The van der Waals surface area contributed by atoms with Crippen LogP contribution in [0.1, 0.15) is 12.5 Å². The van der Waals surface area contributed by atoms with Crippen LogP contribution in [0.4, 0.5) is 4.79 Å². The molecule has 0 aliphatic carbocycles. The molecule has 1 aromatic carbocycles. The molecule has 0 aromatic heterocycles. The fourth-order valence-electron chi connectivity index (χ4n) is 1.96. The first-order valence-electron chi connectivity index (χ1n) is 6.72. The average molecular weight is 350 g/mol. The van der Waals surface area contributed by atoms with Gasteiger partial charge < -0.3 is 15.2 Å². The number of nitrogens with zero attached hydrogens (tertiary/aromatic N) is 1. The Morgan fingerprint density at radius 3 is 2.58 bits per heavy atom. The topological polar surface area (TPSA) is 116 Å². The van der Waals surface area contributed by atoms with E-state index in [1.165, 1.54) is 26.2 Å². The summed E-state index contributed by atoms with van der Waals surface area (Å²) < 4.78 is 10.1. The van der Waals surface area contributed by atoms with Crippen LogP contribution in [0.5, 0.6) is 11.5 Å². The van der Waals surface area contributed by atoms with Gasteiger partial charge in [0.2, 0.25) is 5.91 Å². The van der Waals surface area contributed by atoms with Crippen molar-refractivity contribution in [1.29, 1.82) is 0 Å². The first-order chi connectivity index (χ1) is 11.3. The minimum absolute atomic E-state index is 0.156. The standard InChI is InChI=1S/C15H14N2O6S/c1-8(18)23-10-4-3-9(5-11(10)22-2)6-12-14(20)17(7-13(16)19)15(21)24-12/h3-6H,7H2,1-2H3,(H2,16,19)/b12-6-. The molecular formula is C15H14N2O6S. The van der Waals surface area contributed by atoms with E-state index in [9.17, 15) is 19.2 Å². The van der Waals surface area contributed by atoms with Crippen molar-refractivity contribution in [2.45, 2.75) is 6.92 Å². The van der Waals surface area contributed by atoms with E-state index in [1.54, 1.807) is 12.1 Å². The van der Waals surface area contributed by atoms with Gasteiger partial charge in [0.05, 0.1) is 12.0 Å². The summed E-state index contributed by atoms with van der Waals surface area (Å²) >= 11 is 0.712. The Morgan fingerprint density at radius 1 is 1.29 bits per heavy atom. The number of thioether (sulfide) groups is 1. The molecule has 1 aliphatic heterocycles. The number of esters is 1. The predicted octanol–water partition coefficient (Wildman–Crippen LogP) is 1.14. The largest absolute Gasteiger partial charge is 0.493 e. The number of imide groups is 1. The number of hydrogen-bond donors (Lipinski definition) is 1. The van der Waals surface area contributed by atoms with Gasteiger partial charge in [0.1, 0.15) is 6.54 Å². The normalized spacial score (nSPS) is 15.8. The zero-order chi connectivity index (χ0) is 17.9. The van der Waals surface area contributed by atoms with E-state index in [-0.39, 0.29) is 10.7 Å². The Bertz CT molecular complexity index is 758. The van der Waals surface area contributed by atoms with Crippen LogP contribution in [-0.4, -0.2) is 41.6 Å². The molecule has 0 radical (unpaired) electrons. The van der Waals surface area contributed by atoms with Gasteiger partial charge >= 0.3 is 5.97 Å². The highest BCUT2D eigenvalue weighted by Crippen LogP contribution is 2.34. The lowest BCUT2D eigenvalue weighted by molar-refractivity contribution is -0.132. The van der Waals surface area contributed by atoms with Crippen molar-refractivity contribution in [3.05, 3.63) is 28.7 Å². The van der Waals surface area contributed by atoms with Crippen molar-refractivity contribution in [3.8, 4) is 11.5 Å². The van der Waals surface area contributed by atoms with Crippen LogP contribution in [0.25, 0.3) is 6.08 Å². The molecule has 126 valence electrons. The zero-order valence-electron chi connectivity index (χ0n) is 12.9. The number of carbonyl (C=O) groups excluding carboxylic acids is 4. The van der Waals surface area contributed by atoms with Crippen LogP contribution < -0.4 is 15.2 Å². The maximum atomic E-state index is 12.1. The molecule has 0 atom stereocenters. The smallest absolute Gasteiger partial charge is 0.308 e. The Morgan fingerprint density at radius 2 is 2.00 bits per heavy atom. The highest BCUT2D eigenvalue weighted by atomic mass is 32.2. The van der Waals surface area contributed by atoms with Crippen LogP contribution in [0.2, 0.25) is 0 Å². The highest BCUT2D eigenvalue weighted by Gasteiger charge is 2.35. The molecule has 1 fully saturated rings. The number of benzene rings is 1. The van der Waals surface area contributed by atoms with Gasteiger partial charge in [-0.1, -0.05) is 6.07 Å². The summed E-state index contributed by atoms with van der Waals surface area (Å²) in [5.41, 5.74) is 5.58. The highest BCUT2D eigenvalue weighted by molar-refractivity contribution is 8.18. The molecule has 2 rings (SSSR count). The number of rotatable bonds is 5. The van der Waals surface area contributed by atoms with Gasteiger partial charge in [-0.2, -0.15) is 0 Å². The lowest BCUT2D eigenvalue weighted by Gasteiger charge is -2.09. The van der Waals surface area contributed by atoms with Gasteiger partial charge in [-0.05, 0) is 35.5 Å². The number of carbonyl (C=O) groups is 4. The second-order valence-corrected chi connectivity index (χ2v) is 5.73. The number of ether oxygens (including phenoxy) is 2. The fourth-order valence-corrected chi connectivity index (χ4v) is 2.79. The quantitative estimate of drug-likeness (QED) is 0.481. The van der Waals surface area contributed by atoms with E-state index in [2.05, 4.69) is 0 Å². The third kappa shape index (κ3) is 3.93. The molecule has 0 bridgehead atoms. The van der Waals surface area contributed by atoms with Crippen molar-refractivity contribution in [1.82, 2.24) is 4.90 Å².